The molecule has 0 aromatic carbocycles. The van der Waals surface area contributed by atoms with Gasteiger partial charge in [0.15, 0.2) is 0 Å². The number of piperidine rings is 1. The largest absolute Gasteiger partial charge is 0.298 e. The second kappa shape index (κ2) is 6.92. The first-order valence-electron chi connectivity index (χ1n) is 7.53. The Balaban J connectivity index is 2.03. The van der Waals surface area contributed by atoms with E-state index in [1.165, 1.54) is 0 Å². The van der Waals surface area contributed by atoms with Crippen LogP contribution in [-0.4, -0.2) is 72.6 Å². The number of hydrogen-bond acceptors (Lipinski definition) is 3. The average Bonchev–Trinajstić information content (AvgIpc) is 2.47. The molecule has 0 radical (unpaired) electrons. The van der Waals surface area contributed by atoms with Gasteiger partial charge in [0.2, 0.25) is 0 Å². The third-order valence-electron chi connectivity index (χ3n) is 4.38. The van der Waals surface area contributed by atoms with E-state index in [1.807, 2.05) is 0 Å². The molecule has 0 aromatic rings. The van der Waals surface area contributed by atoms with Crippen LogP contribution in [-0.2, 0) is 10.2 Å². The van der Waals surface area contributed by atoms with Crippen LogP contribution in [0.15, 0.2) is 0 Å². The van der Waals surface area contributed by atoms with Crippen LogP contribution < -0.4 is 0 Å². The fourth-order valence-corrected chi connectivity index (χ4v) is 5.27. The van der Waals surface area contributed by atoms with Crippen molar-refractivity contribution >= 4 is 21.8 Å². The van der Waals surface area contributed by atoms with Gasteiger partial charge in [-0.1, -0.05) is 6.42 Å². The van der Waals surface area contributed by atoms with E-state index in [4.69, 9.17) is 11.6 Å². The minimum Gasteiger partial charge on any atom is -0.298 e. The van der Waals surface area contributed by atoms with Crippen LogP contribution in [0.25, 0.3) is 0 Å². The molecule has 20 heavy (non-hydrogen) atoms. The fourth-order valence-electron chi connectivity index (χ4n) is 3.03. The maximum Gasteiger partial charge on any atom is 0.282 e. The molecule has 5 nitrogen and oxygen atoms in total. The Morgan fingerprint density at radius 1 is 1.10 bits per heavy atom. The maximum absolute atomic E-state index is 12.8. The van der Waals surface area contributed by atoms with Gasteiger partial charge in [0.1, 0.15) is 0 Å². The van der Waals surface area contributed by atoms with Crippen molar-refractivity contribution in [1.82, 2.24) is 13.5 Å². The first-order chi connectivity index (χ1) is 9.46. The van der Waals surface area contributed by atoms with Crippen LogP contribution in [0.3, 0.4) is 0 Å². The summed E-state index contributed by atoms with van der Waals surface area (Å²) >= 11 is 5.95. The zero-order chi connectivity index (χ0) is 14.8. The highest BCUT2D eigenvalue weighted by atomic mass is 35.5. The lowest BCUT2D eigenvalue weighted by molar-refractivity contribution is 0.144. The molecule has 0 N–H and O–H groups in total. The Morgan fingerprint density at radius 3 is 2.30 bits per heavy atom. The van der Waals surface area contributed by atoms with Gasteiger partial charge in [-0.05, 0) is 26.7 Å². The fraction of sp³-hybridized carbons (Fsp3) is 1.00. The highest BCUT2D eigenvalue weighted by Crippen LogP contribution is 2.24. The van der Waals surface area contributed by atoms with Crippen molar-refractivity contribution in [1.29, 1.82) is 0 Å². The second-order valence-electron chi connectivity index (χ2n) is 5.95. The summed E-state index contributed by atoms with van der Waals surface area (Å²) in [5, 5.41) is 0. The third kappa shape index (κ3) is 3.47. The Bertz CT molecular complexity index is 408. The van der Waals surface area contributed by atoms with Crippen LogP contribution in [0.2, 0.25) is 0 Å². The molecule has 118 valence electrons. The van der Waals surface area contributed by atoms with Gasteiger partial charge in [0.25, 0.3) is 10.2 Å². The number of rotatable bonds is 4. The van der Waals surface area contributed by atoms with Crippen molar-refractivity contribution in [3.8, 4) is 0 Å². The molecular formula is C13H26ClN3O2S. The molecule has 2 fully saturated rings. The number of nitrogens with zero attached hydrogens (tertiary/aromatic N) is 3. The van der Waals surface area contributed by atoms with E-state index in [-0.39, 0.29) is 6.04 Å². The Kier molecular flexibility index (Phi) is 5.71. The number of alkyl halides is 1. The molecule has 2 heterocycles. The Hall–Kier alpha value is 0.120. The topological polar surface area (TPSA) is 43.9 Å². The summed E-state index contributed by atoms with van der Waals surface area (Å²) in [6, 6.07) is 0.448. The molecule has 2 aliphatic rings. The van der Waals surface area contributed by atoms with E-state index >= 15 is 0 Å². The minimum atomic E-state index is -3.34. The lowest BCUT2D eigenvalue weighted by Gasteiger charge is -2.41. The maximum atomic E-state index is 12.8. The predicted molar refractivity (Wildman–Crippen MR) is 82.3 cm³/mol. The minimum absolute atomic E-state index is 0.0291. The molecule has 0 aliphatic carbocycles. The lowest BCUT2D eigenvalue weighted by atomic mass is 10.1. The molecule has 0 spiro atoms. The number of piperazine rings is 1. The molecule has 0 amide bonds. The average molecular weight is 324 g/mol. The monoisotopic (exact) mass is 323 g/mol. The van der Waals surface area contributed by atoms with Crippen LogP contribution >= 0.6 is 11.6 Å². The lowest BCUT2D eigenvalue weighted by Crippen LogP contribution is -2.57. The van der Waals surface area contributed by atoms with Gasteiger partial charge < -0.3 is 0 Å². The van der Waals surface area contributed by atoms with Gasteiger partial charge in [-0.3, -0.25) is 4.90 Å². The standard InChI is InChI=1S/C13H26ClN3O2S/c1-12(2)15-7-9-16(10-8-15)20(18,19)17-6-4-3-5-13(17)11-14/h12-13H,3-11H2,1-2H3. The summed E-state index contributed by atoms with van der Waals surface area (Å²) < 4.78 is 28.8. The molecule has 7 heteroatoms. The molecule has 1 atom stereocenters. The predicted octanol–water partition coefficient (Wildman–Crippen LogP) is 1.35. The highest BCUT2D eigenvalue weighted by molar-refractivity contribution is 7.86. The van der Waals surface area contributed by atoms with Crippen LogP contribution in [0.1, 0.15) is 33.1 Å². The molecule has 0 saturated carbocycles. The Morgan fingerprint density at radius 2 is 1.75 bits per heavy atom. The SMILES string of the molecule is CC(C)N1CCN(S(=O)(=O)N2CCCCC2CCl)CC1. The molecule has 2 rings (SSSR count). The van der Waals surface area contributed by atoms with Crippen molar-refractivity contribution in [3.05, 3.63) is 0 Å². The van der Waals surface area contributed by atoms with E-state index in [0.29, 0.717) is 31.6 Å². The molecule has 1 unspecified atom stereocenters. The Labute approximate surface area is 128 Å². The smallest absolute Gasteiger partial charge is 0.282 e. The number of hydrogen-bond donors (Lipinski definition) is 0. The van der Waals surface area contributed by atoms with Crippen molar-refractivity contribution < 1.29 is 8.42 Å². The normalized spacial score (nSPS) is 28.1. The van der Waals surface area contributed by atoms with E-state index < -0.39 is 10.2 Å². The van der Waals surface area contributed by atoms with Gasteiger partial charge in [0, 0.05) is 50.7 Å². The molecule has 0 aromatic heterocycles. The van der Waals surface area contributed by atoms with Gasteiger partial charge in [-0.2, -0.15) is 17.0 Å². The second-order valence-corrected chi connectivity index (χ2v) is 8.14. The molecule has 2 saturated heterocycles. The van der Waals surface area contributed by atoms with E-state index in [1.54, 1.807) is 8.61 Å². The molecular weight excluding hydrogens is 298 g/mol. The zero-order valence-corrected chi connectivity index (χ0v) is 14.0. The van der Waals surface area contributed by atoms with Crippen molar-refractivity contribution in [2.24, 2.45) is 0 Å². The quantitative estimate of drug-likeness (QED) is 0.734. The van der Waals surface area contributed by atoms with E-state index in [9.17, 15) is 8.42 Å². The molecule has 0 bridgehead atoms. The van der Waals surface area contributed by atoms with Crippen molar-refractivity contribution in [3.63, 3.8) is 0 Å². The van der Waals surface area contributed by atoms with Crippen LogP contribution in [0.4, 0.5) is 0 Å². The summed E-state index contributed by atoms with van der Waals surface area (Å²) in [4.78, 5) is 2.32. The summed E-state index contributed by atoms with van der Waals surface area (Å²) in [7, 11) is -3.34. The molecule has 2 aliphatic heterocycles. The first kappa shape index (κ1) is 16.5. The third-order valence-corrected chi connectivity index (χ3v) is 6.82. The van der Waals surface area contributed by atoms with Crippen LogP contribution in [0, 0.1) is 0 Å². The van der Waals surface area contributed by atoms with Gasteiger partial charge in [-0.15, -0.1) is 11.6 Å². The first-order valence-corrected chi connectivity index (χ1v) is 9.47. The summed E-state index contributed by atoms with van der Waals surface area (Å²) in [5.41, 5.74) is 0. The van der Waals surface area contributed by atoms with E-state index in [2.05, 4.69) is 18.7 Å². The summed E-state index contributed by atoms with van der Waals surface area (Å²) in [5.74, 6) is 0.394. The van der Waals surface area contributed by atoms with E-state index in [0.717, 1.165) is 32.4 Å². The van der Waals surface area contributed by atoms with Crippen LogP contribution in [0.5, 0.6) is 0 Å². The van der Waals surface area contributed by atoms with Gasteiger partial charge in [0.05, 0.1) is 0 Å². The highest BCUT2D eigenvalue weighted by Gasteiger charge is 2.37. The van der Waals surface area contributed by atoms with Gasteiger partial charge >= 0.3 is 0 Å². The summed E-state index contributed by atoms with van der Waals surface area (Å²) in [6.45, 7) is 7.73. The number of halogens is 1. The van der Waals surface area contributed by atoms with Gasteiger partial charge in [-0.25, -0.2) is 0 Å². The van der Waals surface area contributed by atoms with Crippen molar-refractivity contribution in [2.45, 2.75) is 45.2 Å². The zero-order valence-electron chi connectivity index (χ0n) is 12.5. The summed E-state index contributed by atoms with van der Waals surface area (Å²) in [6.07, 6.45) is 2.90. The van der Waals surface area contributed by atoms with Crippen molar-refractivity contribution in [2.75, 3.05) is 38.6 Å².